The summed E-state index contributed by atoms with van der Waals surface area (Å²) in [5, 5.41) is 0. The van der Waals surface area contributed by atoms with E-state index in [0.717, 1.165) is 0 Å². The molecular formula is C9H12F3NO. The summed E-state index contributed by atoms with van der Waals surface area (Å²) < 4.78 is 37.2. The van der Waals surface area contributed by atoms with Crippen molar-refractivity contribution in [2.45, 2.75) is 31.9 Å². The Bertz CT molecular complexity index is 233. The van der Waals surface area contributed by atoms with Gasteiger partial charge in [-0.2, -0.15) is 13.2 Å². The van der Waals surface area contributed by atoms with E-state index in [-0.39, 0.29) is 18.9 Å². The monoisotopic (exact) mass is 207 g/mol. The molecule has 0 amide bonds. The fraction of sp³-hybridized carbons (Fsp3) is 0.889. The van der Waals surface area contributed by atoms with Crippen LogP contribution in [0.15, 0.2) is 4.99 Å². The quantitative estimate of drug-likeness (QED) is 0.516. The van der Waals surface area contributed by atoms with Crippen LogP contribution in [0.4, 0.5) is 13.2 Å². The number of hydrogen-bond donors (Lipinski definition) is 0. The number of alkyl halides is 3. The summed E-state index contributed by atoms with van der Waals surface area (Å²) in [7, 11) is 0. The highest BCUT2D eigenvalue weighted by Crippen LogP contribution is 2.44. The highest BCUT2D eigenvalue weighted by Gasteiger charge is 2.46. The van der Waals surface area contributed by atoms with Crippen molar-refractivity contribution in [2.24, 2.45) is 16.8 Å². The maximum atomic E-state index is 12.4. The second-order valence-electron chi connectivity index (χ2n) is 3.60. The minimum absolute atomic E-state index is 0.167. The molecule has 0 aromatic heterocycles. The van der Waals surface area contributed by atoms with E-state index in [1.54, 1.807) is 0 Å². The lowest BCUT2D eigenvalue weighted by atomic mass is 9.92. The number of aliphatic imine (C=N–C) groups is 1. The zero-order chi connectivity index (χ0) is 10.6. The van der Waals surface area contributed by atoms with E-state index in [1.165, 1.54) is 6.08 Å². The molecule has 0 spiro atoms. The van der Waals surface area contributed by atoms with Gasteiger partial charge in [-0.25, -0.2) is 9.79 Å². The van der Waals surface area contributed by atoms with Crippen LogP contribution < -0.4 is 0 Å². The van der Waals surface area contributed by atoms with Gasteiger partial charge in [-0.15, -0.1) is 0 Å². The van der Waals surface area contributed by atoms with E-state index in [1.807, 2.05) is 0 Å². The summed E-state index contributed by atoms with van der Waals surface area (Å²) in [6.45, 7) is 0.167. The Hall–Kier alpha value is -0.830. The zero-order valence-corrected chi connectivity index (χ0v) is 7.68. The van der Waals surface area contributed by atoms with Crippen LogP contribution in [-0.2, 0) is 4.79 Å². The summed E-state index contributed by atoms with van der Waals surface area (Å²) in [5.41, 5.74) is 0. The molecule has 0 aliphatic heterocycles. The van der Waals surface area contributed by atoms with Crippen LogP contribution in [0, 0.1) is 11.8 Å². The van der Waals surface area contributed by atoms with E-state index in [0.29, 0.717) is 19.3 Å². The fourth-order valence-corrected chi connectivity index (χ4v) is 2.09. The minimum atomic E-state index is -4.09. The Morgan fingerprint density at radius 3 is 2.64 bits per heavy atom. The maximum absolute atomic E-state index is 12.4. The van der Waals surface area contributed by atoms with Crippen molar-refractivity contribution in [2.75, 3.05) is 6.54 Å². The molecule has 0 saturated heterocycles. The standard InChI is InChI=1S/C9H12F3NO/c10-9(11,12)8-3-1-2-7(8)4-5-13-6-14/h7-8H,1-5H2. The van der Waals surface area contributed by atoms with Gasteiger partial charge in [-0.05, 0) is 25.2 Å². The number of hydrogen-bond acceptors (Lipinski definition) is 2. The van der Waals surface area contributed by atoms with Gasteiger partial charge in [0.2, 0.25) is 6.08 Å². The molecule has 0 radical (unpaired) electrons. The third kappa shape index (κ3) is 2.84. The number of isocyanates is 1. The number of nitrogens with zero attached hydrogens (tertiary/aromatic N) is 1. The first-order valence-electron chi connectivity index (χ1n) is 4.66. The second kappa shape index (κ2) is 4.60. The summed E-state index contributed by atoms with van der Waals surface area (Å²) in [4.78, 5) is 13.0. The maximum Gasteiger partial charge on any atom is 0.392 e. The van der Waals surface area contributed by atoms with Gasteiger partial charge in [0.15, 0.2) is 0 Å². The lowest BCUT2D eigenvalue weighted by Gasteiger charge is -2.21. The normalized spacial score (nSPS) is 27.4. The molecule has 80 valence electrons. The minimum Gasteiger partial charge on any atom is -0.211 e. The summed E-state index contributed by atoms with van der Waals surface area (Å²) >= 11 is 0. The molecule has 2 unspecified atom stereocenters. The van der Waals surface area contributed by atoms with Crippen LogP contribution in [0.3, 0.4) is 0 Å². The van der Waals surface area contributed by atoms with Crippen molar-refractivity contribution >= 4 is 6.08 Å². The molecule has 5 heteroatoms. The molecule has 14 heavy (non-hydrogen) atoms. The van der Waals surface area contributed by atoms with Gasteiger partial charge >= 0.3 is 6.18 Å². The molecule has 0 aromatic carbocycles. The average molecular weight is 207 g/mol. The molecule has 1 fully saturated rings. The van der Waals surface area contributed by atoms with Crippen molar-refractivity contribution in [1.29, 1.82) is 0 Å². The molecule has 0 N–H and O–H groups in total. The van der Waals surface area contributed by atoms with E-state index < -0.39 is 12.1 Å². The van der Waals surface area contributed by atoms with Crippen LogP contribution in [0.1, 0.15) is 25.7 Å². The first kappa shape index (κ1) is 11.2. The molecule has 0 bridgehead atoms. The molecular weight excluding hydrogens is 195 g/mol. The summed E-state index contributed by atoms with van der Waals surface area (Å²) in [5.74, 6) is -1.54. The third-order valence-electron chi connectivity index (χ3n) is 2.76. The van der Waals surface area contributed by atoms with Gasteiger partial charge < -0.3 is 0 Å². The van der Waals surface area contributed by atoms with Crippen molar-refractivity contribution in [3.8, 4) is 0 Å². The Labute approximate surface area is 80.2 Å². The Morgan fingerprint density at radius 2 is 2.07 bits per heavy atom. The molecule has 2 atom stereocenters. The van der Waals surface area contributed by atoms with Gasteiger partial charge in [0.1, 0.15) is 0 Å². The van der Waals surface area contributed by atoms with Crippen LogP contribution in [0.25, 0.3) is 0 Å². The Balaban J connectivity index is 2.47. The zero-order valence-electron chi connectivity index (χ0n) is 7.68. The van der Waals surface area contributed by atoms with Crippen LogP contribution in [0.5, 0.6) is 0 Å². The second-order valence-corrected chi connectivity index (χ2v) is 3.60. The first-order chi connectivity index (χ1) is 6.55. The van der Waals surface area contributed by atoms with Gasteiger partial charge in [-0.3, -0.25) is 0 Å². The Morgan fingerprint density at radius 1 is 1.36 bits per heavy atom. The molecule has 0 aromatic rings. The molecule has 1 aliphatic rings. The highest BCUT2D eigenvalue weighted by molar-refractivity contribution is 5.32. The third-order valence-corrected chi connectivity index (χ3v) is 2.76. The van der Waals surface area contributed by atoms with Crippen molar-refractivity contribution in [3.63, 3.8) is 0 Å². The molecule has 1 rings (SSSR count). The predicted molar refractivity (Wildman–Crippen MR) is 44.5 cm³/mol. The first-order valence-corrected chi connectivity index (χ1v) is 4.66. The van der Waals surface area contributed by atoms with Gasteiger partial charge in [0, 0.05) is 0 Å². The van der Waals surface area contributed by atoms with Gasteiger partial charge in [-0.1, -0.05) is 6.42 Å². The van der Waals surface area contributed by atoms with E-state index in [4.69, 9.17) is 0 Å². The van der Waals surface area contributed by atoms with E-state index in [9.17, 15) is 18.0 Å². The molecule has 1 saturated carbocycles. The van der Waals surface area contributed by atoms with E-state index >= 15 is 0 Å². The molecule has 2 nitrogen and oxygen atoms in total. The largest absolute Gasteiger partial charge is 0.392 e. The number of rotatable bonds is 3. The van der Waals surface area contributed by atoms with Crippen LogP contribution >= 0.6 is 0 Å². The topological polar surface area (TPSA) is 29.4 Å². The number of halogens is 3. The lowest BCUT2D eigenvalue weighted by Crippen LogP contribution is -2.26. The predicted octanol–water partition coefficient (Wildman–Crippen LogP) is 2.69. The smallest absolute Gasteiger partial charge is 0.211 e. The molecule has 0 heterocycles. The van der Waals surface area contributed by atoms with Crippen molar-refractivity contribution in [1.82, 2.24) is 0 Å². The Kier molecular flexibility index (Phi) is 3.69. The lowest BCUT2D eigenvalue weighted by molar-refractivity contribution is -0.183. The van der Waals surface area contributed by atoms with Crippen LogP contribution in [0.2, 0.25) is 0 Å². The summed E-state index contributed by atoms with van der Waals surface area (Å²) in [6.07, 6.45) is -0.964. The average Bonchev–Trinajstić information content (AvgIpc) is 2.52. The summed E-state index contributed by atoms with van der Waals surface area (Å²) in [6, 6.07) is 0. The van der Waals surface area contributed by atoms with Gasteiger partial charge in [0.25, 0.3) is 0 Å². The van der Waals surface area contributed by atoms with Crippen molar-refractivity contribution in [3.05, 3.63) is 0 Å². The van der Waals surface area contributed by atoms with E-state index in [2.05, 4.69) is 4.99 Å². The SMILES string of the molecule is O=C=NCCC1CCCC1C(F)(F)F. The van der Waals surface area contributed by atoms with Crippen molar-refractivity contribution < 1.29 is 18.0 Å². The highest BCUT2D eigenvalue weighted by atomic mass is 19.4. The van der Waals surface area contributed by atoms with Gasteiger partial charge in [0.05, 0.1) is 12.5 Å². The fourth-order valence-electron chi connectivity index (χ4n) is 2.09. The van der Waals surface area contributed by atoms with Crippen LogP contribution in [-0.4, -0.2) is 18.8 Å². The molecule has 1 aliphatic carbocycles. The number of carbonyl (C=O) groups excluding carboxylic acids is 1.